The molecule has 2 N–H and O–H groups in total. The Balaban J connectivity index is 1.52. The van der Waals surface area contributed by atoms with Gasteiger partial charge in [0.2, 0.25) is 15.9 Å². The third kappa shape index (κ3) is 5.61. The molecule has 144 valence electrons. The lowest BCUT2D eigenvalue weighted by Gasteiger charge is -2.13. The van der Waals surface area contributed by atoms with Gasteiger partial charge in [-0.1, -0.05) is 25.0 Å². The maximum Gasteiger partial charge on any atom is 0.240 e. The minimum Gasteiger partial charge on any atom is -0.326 e. The summed E-state index contributed by atoms with van der Waals surface area (Å²) in [5, 5.41) is 2.70. The van der Waals surface area contributed by atoms with Gasteiger partial charge in [0.1, 0.15) is 5.82 Å². The van der Waals surface area contributed by atoms with Gasteiger partial charge in [0.05, 0.1) is 4.90 Å². The Labute approximate surface area is 159 Å². The van der Waals surface area contributed by atoms with E-state index >= 15 is 0 Å². The lowest BCUT2D eigenvalue weighted by atomic mass is 10.1. The molecule has 27 heavy (non-hydrogen) atoms. The van der Waals surface area contributed by atoms with Crippen molar-refractivity contribution in [2.24, 2.45) is 0 Å². The molecule has 0 saturated heterocycles. The van der Waals surface area contributed by atoms with Gasteiger partial charge in [0.25, 0.3) is 0 Å². The second-order valence-corrected chi connectivity index (χ2v) is 8.52. The molecule has 1 aliphatic carbocycles. The summed E-state index contributed by atoms with van der Waals surface area (Å²) >= 11 is 0. The molecular weight excluding hydrogens is 367 g/mol. The predicted octanol–water partition coefficient (Wildman–Crippen LogP) is 3.62. The van der Waals surface area contributed by atoms with Crippen molar-refractivity contribution in [3.8, 4) is 0 Å². The summed E-state index contributed by atoms with van der Waals surface area (Å²) in [4.78, 5) is 12.2. The number of carbonyl (C=O) groups excluding carboxylic acids is 1. The molecule has 0 aliphatic heterocycles. The summed E-state index contributed by atoms with van der Waals surface area (Å²) in [6.07, 6.45) is 4.65. The van der Waals surface area contributed by atoms with Crippen molar-refractivity contribution < 1.29 is 17.6 Å². The first kappa shape index (κ1) is 19.5. The molecule has 1 aliphatic rings. The third-order valence-corrected chi connectivity index (χ3v) is 6.22. The van der Waals surface area contributed by atoms with Gasteiger partial charge in [0.15, 0.2) is 0 Å². The van der Waals surface area contributed by atoms with E-state index in [1.165, 1.54) is 24.3 Å². The Morgan fingerprint density at radius 1 is 1.00 bits per heavy atom. The first-order valence-electron chi connectivity index (χ1n) is 9.09. The lowest BCUT2D eigenvalue weighted by Crippen LogP contribution is -2.32. The van der Waals surface area contributed by atoms with E-state index in [0.717, 1.165) is 31.2 Å². The number of rotatable bonds is 7. The number of aryl methyl sites for hydroxylation is 1. The van der Waals surface area contributed by atoms with Gasteiger partial charge in [0, 0.05) is 18.2 Å². The topological polar surface area (TPSA) is 75.3 Å². The Bertz CT molecular complexity index is 874. The first-order chi connectivity index (χ1) is 12.9. The highest BCUT2D eigenvalue weighted by Crippen LogP contribution is 2.21. The number of sulfonamides is 1. The number of anilines is 1. The SMILES string of the molecule is O=C(CCc1ccc(S(=O)(=O)NC2CCCC2)cc1)Nc1ccc(F)cc1. The average molecular weight is 390 g/mol. The highest BCUT2D eigenvalue weighted by Gasteiger charge is 2.22. The number of benzene rings is 2. The molecule has 1 saturated carbocycles. The molecule has 0 heterocycles. The van der Waals surface area contributed by atoms with Crippen LogP contribution in [0.25, 0.3) is 0 Å². The maximum atomic E-state index is 12.9. The molecule has 7 heteroatoms. The molecule has 0 radical (unpaired) electrons. The van der Waals surface area contributed by atoms with Gasteiger partial charge in [-0.05, 0) is 61.2 Å². The molecule has 0 bridgehead atoms. The van der Waals surface area contributed by atoms with Crippen molar-refractivity contribution in [3.63, 3.8) is 0 Å². The van der Waals surface area contributed by atoms with Crippen LogP contribution in [0.1, 0.15) is 37.7 Å². The summed E-state index contributed by atoms with van der Waals surface area (Å²) in [5.41, 5.74) is 1.42. The molecule has 3 rings (SSSR count). The molecule has 1 amide bonds. The molecule has 5 nitrogen and oxygen atoms in total. The van der Waals surface area contributed by atoms with Crippen LogP contribution in [0, 0.1) is 5.82 Å². The molecule has 2 aromatic carbocycles. The zero-order valence-corrected chi connectivity index (χ0v) is 15.8. The van der Waals surface area contributed by atoms with Crippen LogP contribution in [-0.2, 0) is 21.2 Å². The maximum absolute atomic E-state index is 12.9. The van der Waals surface area contributed by atoms with Gasteiger partial charge in [-0.25, -0.2) is 17.5 Å². The number of nitrogens with one attached hydrogen (secondary N) is 2. The molecule has 2 aromatic rings. The third-order valence-electron chi connectivity index (χ3n) is 4.68. The zero-order valence-electron chi connectivity index (χ0n) is 14.9. The van der Waals surface area contributed by atoms with Crippen molar-refractivity contribution in [2.45, 2.75) is 49.5 Å². The van der Waals surface area contributed by atoms with Crippen LogP contribution in [-0.4, -0.2) is 20.4 Å². The van der Waals surface area contributed by atoms with E-state index in [9.17, 15) is 17.6 Å². The number of carbonyl (C=O) groups is 1. The number of amides is 1. The molecular formula is C20H23FN2O3S. The molecule has 0 atom stereocenters. The Kier molecular flexibility index (Phi) is 6.23. The molecule has 0 spiro atoms. The fourth-order valence-electron chi connectivity index (χ4n) is 3.18. The highest BCUT2D eigenvalue weighted by atomic mass is 32.2. The summed E-state index contributed by atoms with van der Waals surface area (Å²) in [5.74, 6) is -0.535. The van der Waals surface area contributed by atoms with Crippen molar-refractivity contribution >= 4 is 21.6 Å². The van der Waals surface area contributed by atoms with Crippen LogP contribution in [0.2, 0.25) is 0 Å². The molecule has 0 unspecified atom stereocenters. The van der Waals surface area contributed by atoms with E-state index in [1.807, 2.05) is 0 Å². The van der Waals surface area contributed by atoms with Gasteiger partial charge in [-0.15, -0.1) is 0 Å². The molecule has 1 fully saturated rings. The second kappa shape index (κ2) is 8.63. The van der Waals surface area contributed by atoms with Gasteiger partial charge in [-0.3, -0.25) is 4.79 Å². The van der Waals surface area contributed by atoms with E-state index in [4.69, 9.17) is 0 Å². The van der Waals surface area contributed by atoms with Crippen LogP contribution >= 0.6 is 0 Å². The van der Waals surface area contributed by atoms with E-state index in [-0.39, 0.29) is 29.1 Å². The van der Waals surface area contributed by atoms with Crippen molar-refractivity contribution in [1.82, 2.24) is 4.72 Å². The first-order valence-corrected chi connectivity index (χ1v) is 10.6. The number of halogens is 1. The van der Waals surface area contributed by atoms with Crippen molar-refractivity contribution in [2.75, 3.05) is 5.32 Å². The van der Waals surface area contributed by atoms with Gasteiger partial charge < -0.3 is 5.32 Å². The van der Waals surface area contributed by atoms with Crippen LogP contribution in [0.5, 0.6) is 0 Å². The standard InChI is InChI=1S/C20H23FN2O3S/c21-16-8-10-17(11-9-16)22-20(24)14-7-15-5-12-19(13-6-15)27(25,26)23-18-3-1-2-4-18/h5-6,8-13,18,23H,1-4,7,14H2,(H,22,24). The quantitative estimate of drug-likeness (QED) is 0.758. The van der Waals surface area contributed by atoms with Crippen LogP contribution in [0.4, 0.5) is 10.1 Å². The van der Waals surface area contributed by atoms with Gasteiger partial charge >= 0.3 is 0 Å². The van der Waals surface area contributed by atoms with E-state index in [0.29, 0.717) is 12.1 Å². The summed E-state index contributed by atoms with van der Waals surface area (Å²) in [6.45, 7) is 0. The van der Waals surface area contributed by atoms with E-state index in [2.05, 4.69) is 10.0 Å². The van der Waals surface area contributed by atoms with Crippen molar-refractivity contribution in [1.29, 1.82) is 0 Å². The smallest absolute Gasteiger partial charge is 0.240 e. The monoisotopic (exact) mass is 390 g/mol. The minimum absolute atomic E-state index is 0.0323. The van der Waals surface area contributed by atoms with E-state index in [1.54, 1.807) is 24.3 Å². The number of hydrogen-bond donors (Lipinski definition) is 2. The van der Waals surface area contributed by atoms with E-state index < -0.39 is 10.0 Å². The Hall–Kier alpha value is -2.25. The second-order valence-electron chi connectivity index (χ2n) is 6.80. The number of hydrogen-bond acceptors (Lipinski definition) is 3. The summed E-state index contributed by atoms with van der Waals surface area (Å²) in [7, 11) is -3.50. The average Bonchev–Trinajstić information content (AvgIpc) is 3.14. The van der Waals surface area contributed by atoms with Gasteiger partial charge in [-0.2, -0.15) is 0 Å². The fourth-order valence-corrected chi connectivity index (χ4v) is 4.49. The predicted molar refractivity (Wildman–Crippen MR) is 102 cm³/mol. The van der Waals surface area contributed by atoms with Crippen molar-refractivity contribution in [3.05, 3.63) is 59.9 Å². The largest absolute Gasteiger partial charge is 0.326 e. The fraction of sp³-hybridized carbons (Fsp3) is 0.350. The summed E-state index contributed by atoms with van der Waals surface area (Å²) in [6, 6.07) is 12.2. The highest BCUT2D eigenvalue weighted by molar-refractivity contribution is 7.89. The van der Waals surface area contributed by atoms with Crippen LogP contribution < -0.4 is 10.0 Å². The Morgan fingerprint density at radius 2 is 1.63 bits per heavy atom. The lowest BCUT2D eigenvalue weighted by molar-refractivity contribution is -0.116. The van der Waals surface area contributed by atoms with Crippen LogP contribution in [0.15, 0.2) is 53.4 Å². The zero-order chi connectivity index (χ0) is 19.3. The molecule has 0 aromatic heterocycles. The van der Waals surface area contributed by atoms with Crippen LogP contribution in [0.3, 0.4) is 0 Å². The Morgan fingerprint density at radius 3 is 2.26 bits per heavy atom. The minimum atomic E-state index is -3.50. The normalized spacial score (nSPS) is 15.0. The summed E-state index contributed by atoms with van der Waals surface area (Å²) < 4.78 is 40.4.